The van der Waals surface area contributed by atoms with Gasteiger partial charge in [-0.15, -0.1) is 11.3 Å². The van der Waals surface area contributed by atoms with Crippen molar-refractivity contribution < 1.29 is 22.8 Å². The first kappa shape index (κ1) is 22.2. The Morgan fingerprint density at radius 2 is 1.91 bits per heavy atom. The predicted molar refractivity (Wildman–Crippen MR) is 119 cm³/mol. The zero-order chi connectivity index (χ0) is 22.7. The van der Waals surface area contributed by atoms with Crippen molar-refractivity contribution in [2.45, 2.75) is 37.3 Å². The van der Waals surface area contributed by atoms with Crippen molar-refractivity contribution >= 4 is 58.0 Å². The van der Waals surface area contributed by atoms with Gasteiger partial charge in [-0.1, -0.05) is 28.4 Å². The lowest BCUT2D eigenvalue weighted by atomic mass is 9.89. The number of rotatable bonds is 3. The molecule has 1 atom stereocenters. The second kappa shape index (κ2) is 8.00. The van der Waals surface area contributed by atoms with Gasteiger partial charge in [0.15, 0.2) is 0 Å². The highest BCUT2D eigenvalue weighted by Gasteiger charge is 2.63. The summed E-state index contributed by atoms with van der Waals surface area (Å²) in [4.78, 5) is 20.8. The molecule has 0 aliphatic carbocycles. The molecule has 5 nitrogen and oxygen atoms in total. The number of benzene rings is 1. The second-order valence-corrected chi connectivity index (χ2v) is 11.0. The van der Waals surface area contributed by atoms with E-state index in [1.54, 1.807) is 16.7 Å². The Morgan fingerprint density at radius 3 is 2.50 bits per heavy atom. The summed E-state index contributed by atoms with van der Waals surface area (Å²) in [7, 11) is 0. The number of amides is 1. The maximum absolute atomic E-state index is 14.2. The molecule has 4 heterocycles. The molecule has 0 bridgehead atoms. The smallest absolute Gasteiger partial charge is 0.372 e. The molecule has 3 aliphatic heterocycles. The summed E-state index contributed by atoms with van der Waals surface area (Å²) in [6, 6.07) is 5.79. The molecule has 1 fully saturated rings. The van der Waals surface area contributed by atoms with Crippen LogP contribution in [0.4, 0.5) is 13.2 Å². The summed E-state index contributed by atoms with van der Waals surface area (Å²) in [6.45, 7) is 0.740. The van der Waals surface area contributed by atoms with Crippen LogP contribution in [-0.2, 0) is 23.5 Å². The number of halogens is 5. The molecule has 3 aliphatic rings. The third kappa shape index (κ3) is 3.85. The van der Waals surface area contributed by atoms with Crippen LogP contribution >= 0.6 is 46.3 Å². The first-order valence-electron chi connectivity index (χ1n) is 9.68. The van der Waals surface area contributed by atoms with Gasteiger partial charge in [0.1, 0.15) is 5.84 Å². The monoisotopic (exact) mass is 521 g/mol. The first-order chi connectivity index (χ1) is 15.1. The minimum atomic E-state index is -4.73. The molecule has 170 valence electrons. The van der Waals surface area contributed by atoms with Crippen LogP contribution in [-0.4, -0.2) is 40.4 Å². The van der Waals surface area contributed by atoms with Gasteiger partial charge in [0.2, 0.25) is 0 Å². The maximum atomic E-state index is 14.2. The highest BCUT2D eigenvalue weighted by atomic mass is 35.5. The molecule has 1 unspecified atom stereocenters. The van der Waals surface area contributed by atoms with E-state index in [9.17, 15) is 18.0 Å². The molecule has 32 heavy (non-hydrogen) atoms. The lowest BCUT2D eigenvalue weighted by Crippen LogP contribution is -2.44. The summed E-state index contributed by atoms with van der Waals surface area (Å²) < 4.78 is 42.5. The van der Waals surface area contributed by atoms with Crippen LogP contribution in [0, 0.1) is 0 Å². The number of thiophene rings is 1. The molecule has 1 aromatic heterocycles. The molecule has 0 spiro atoms. The van der Waals surface area contributed by atoms with Crippen molar-refractivity contribution in [1.82, 2.24) is 10.2 Å². The fourth-order valence-electron chi connectivity index (χ4n) is 3.88. The van der Waals surface area contributed by atoms with Crippen molar-refractivity contribution in [3.63, 3.8) is 0 Å². The quantitative estimate of drug-likeness (QED) is 0.586. The van der Waals surface area contributed by atoms with Crippen LogP contribution in [0.5, 0.6) is 0 Å². The number of amidine groups is 1. The van der Waals surface area contributed by atoms with Gasteiger partial charge in [0.05, 0.1) is 17.8 Å². The average molecular weight is 522 g/mol. The Labute approximate surface area is 199 Å². The fraction of sp³-hybridized carbons (Fsp3) is 0.400. The number of carbonyl (C=O) groups is 1. The molecular weight excluding hydrogens is 506 g/mol. The van der Waals surface area contributed by atoms with Gasteiger partial charge in [0, 0.05) is 44.6 Å². The number of alkyl halides is 3. The van der Waals surface area contributed by atoms with Crippen molar-refractivity contribution in [3.05, 3.63) is 55.2 Å². The van der Waals surface area contributed by atoms with Crippen LogP contribution in [0.25, 0.3) is 0 Å². The van der Waals surface area contributed by atoms with Crippen LogP contribution in [0.2, 0.25) is 10.0 Å². The molecule has 1 aromatic carbocycles. The number of nitrogens with zero attached hydrogens (tertiary/aromatic N) is 2. The van der Waals surface area contributed by atoms with Crippen molar-refractivity contribution in [2.75, 3.05) is 11.5 Å². The zero-order valence-electron chi connectivity index (χ0n) is 16.3. The normalized spacial score (nSPS) is 22.9. The Balaban J connectivity index is 1.32. The number of nitrogens with one attached hydrogen (secondary N) is 1. The SMILES string of the molecule is O=C(NC1CSC1)c1cc2c(s1)CN(C1=NOC(c3cc(Cl)cc(Cl)c3)(C(F)(F)F)C1)C2. The standard InChI is InChI=1S/C20H16Cl2F3N3O2S2/c21-12-2-11(3-13(22)4-12)19(20(23,24)25)5-17(27-30-19)28-6-10-1-15(32-16(10)7-28)18(29)26-14-8-31-9-14/h1-4,14H,5-9H2,(H,26,29). The zero-order valence-corrected chi connectivity index (χ0v) is 19.5. The molecule has 1 saturated heterocycles. The van der Waals surface area contributed by atoms with E-state index in [4.69, 9.17) is 28.0 Å². The molecular formula is C20H16Cl2F3N3O2S2. The molecule has 2 aromatic rings. The van der Waals surface area contributed by atoms with Crippen LogP contribution < -0.4 is 5.32 Å². The number of carbonyl (C=O) groups excluding carboxylic acids is 1. The topological polar surface area (TPSA) is 53.9 Å². The summed E-state index contributed by atoms with van der Waals surface area (Å²) in [5.74, 6) is 1.93. The summed E-state index contributed by atoms with van der Waals surface area (Å²) >= 11 is 15.0. The first-order valence-corrected chi connectivity index (χ1v) is 12.4. The predicted octanol–water partition coefficient (Wildman–Crippen LogP) is 5.41. The van der Waals surface area contributed by atoms with Crippen LogP contribution in [0.15, 0.2) is 29.4 Å². The largest absolute Gasteiger partial charge is 0.435 e. The van der Waals surface area contributed by atoms with Crippen molar-refractivity contribution in [2.24, 2.45) is 5.16 Å². The van der Waals surface area contributed by atoms with Crippen molar-refractivity contribution in [3.8, 4) is 0 Å². The minimum Gasteiger partial charge on any atom is -0.372 e. The Bertz CT molecular complexity index is 1080. The number of thioether (sulfide) groups is 1. The van der Waals surface area contributed by atoms with Gasteiger partial charge in [-0.25, -0.2) is 0 Å². The second-order valence-electron chi connectivity index (χ2n) is 7.88. The van der Waals surface area contributed by atoms with Gasteiger partial charge in [-0.3, -0.25) is 4.79 Å². The van der Waals surface area contributed by atoms with E-state index < -0.39 is 18.2 Å². The van der Waals surface area contributed by atoms with E-state index in [1.807, 2.05) is 6.07 Å². The van der Waals surface area contributed by atoms with E-state index in [-0.39, 0.29) is 33.4 Å². The van der Waals surface area contributed by atoms with Crippen molar-refractivity contribution in [1.29, 1.82) is 0 Å². The van der Waals surface area contributed by atoms with E-state index in [1.165, 1.54) is 29.5 Å². The molecule has 0 radical (unpaired) electrons. The molecule has 0 saturated carbocycles. The van der Waals surface area contributed by atoms with Gasteiger partial charge >= 0.3 is 6.18 Å². The van der Waals surface area contributed by atoms with E-state index in [2.05, 4.69) is 10.5 Å². The highest BCUT2D eigenvalue weighted by Crippen LogP contribution is 2.50. The Hall–Kier alpha value is -1.62. The molecule has 5 rings (SSSR count). The number of oxime groups is 1. The Morgan fingerprint density at radius 1 is 1.19 bits per heavy atom. The van der Waals surface area contributed by atoms with E-state index in [0.717, 1.165) is 21.9 Å². The molecule has 12 heteroatoms. The van der Waals surface area contributed by atoms with Gasteiger partial charge < -0.3 is 15.1 Å². The third-order valence-corrected chi connectivity index (χ3v) is 8.53. The Kier molecular flexibility index (Phi) is 5.55. The lowest BCUT2D eigenvalue weighted by Gasteiger charge is -2.30. The van der Waals surface area contributed by atoms with E-state index >= 15 is 0 Å². The lowest BCUT2D eigenvalue weighted by molar-refractivity contribution is -0.275. The van der Waals surface area contributed by atoms with Gasteiger partial charge in [0.25, 0.3) is 11.5 Å². The average Bonchev–Trinajstić information content (AvgIpc) is 3.35. The van der Waals surface area contributed by atoms with Gasteiger partial charge in [-0.05, 0) is 29.8 Å². The van der Waals surface area contributed by atoms with Gasteiger partial charge in [-0.2, -0.15) is 24.9 Å². The van der Waals surface area contributed by atoms with Crippen LogP contribution in [0.3, 0.4) is 0 Å². The molecule has 1 amide bonds. The maximum Gasteiger partial charge on any atom is 0.435 e. The summed E-state index contributed by atoms with van der Waals surface area (Å²) in [5.41, 5.74) is -1.93. The number of hydrogen-bond donors (Lipinski definition) is 1. The number of hydrogen-bond acceptors (Lipinski definition) is 6. The number of fused-ring (bicyclic) bond motifs is 1. The third-order valence-electron chi connectivity index (χ3n) is 5.66. The fourth-order valence-corrected chi connectivity index (χ4v) is 6.14. The molecule has 1 N–H and O–H groups in total. The van der Waals surface area contributed by atoms with E-state index in [0.29, 0.717) is 18.0 Å². The summed E-state index contributed by atoms with van der Waals surface area (Å²) in [6.07, 6.45) is -5.23. The highest BCUT2D eigenvalue weighted by molar-refractivity contribution is 8.00. The minimum absolute atomic E-state index is 0.0860. The summed E-state index contributed by atoms with van der Waals surface area (Å²) in [5, 5.41) is 6.97. The van der Waals surface area contributed by atoms with Crippen LogP contribution in [0.1, 0.15) is 32.1 Å².